The van der Waals surface area contributed by atoms with E-state index in [-0.39, 0.29) is 27.9 Å². The zero-order valence-corrected chi connectivity index (χ0v) is 19.9. The normalized spacial score (nSPS) is 12.9. The Bertz CT molecular complexity index is 1250. The number of phosphoric ester groups is 1. The highest BCUT2D eigenvalue weighted by Crippen LogP contribution is 2.40. The number of halogens is 3. The number of nitrogens with zero attached hydrogens (tertiary/aromatic N) is 2. The molecule has 0 fully saturated rings. The third kappa shape index (κ3) is 7.59. The summed E-state index contributed by atoms with van der Waals surface area (Å²) in [6.45, 7) is 4.66. The van der Waals surface area contributed by atoms with Gasteiger partial charge in [0.15, 0.2) is 0 Å². The van der Waals surface area contributed by atoms with Gasteiger partial charge in [0.1, 0.15) is 33.9 Å². The van der Waals surface area contributed by atoms with Crippen LogP contribution in [0.25, 0.3) is 10.6 Å². The molecule has 2 aromatic carbocycles. The average molecular weight is 531 g/mol. The first-order valence-electron chi connectivity index (χ1n) is 9.88. The van der Waals surface area contributed by atoms with E-state index in [4.69, 9.17) is 25.0 Å². The van der Waals surface area contributed by atoms with Crippen LogP contribution in [0.3, 0.4) is 0 Å². The lowest BCUT2D eigenvalue weighted by molar-refractivity contribution is -0.138. The predicted molar refractivity (Wildman–Crippen MR) is 122 cm³/mol. The molecule has 35 heavy (non-hydrogen) atoms. The lowest BCUT2D eigenvalue weighted by Gasteiger charge is -2.16. The summed E-state index contributed by atoms with van der Waals surface area (Å²) in [6.07, 6.45) is -4.73. The van der Waals surface area contributed by atoms with Gasteiger partial charge in [0, 0.05) is 5.56 Å². The third-order valence-corrected chi connectivity index (χ3v) is 6.04. The third-order valence-electron chi connectivity index (χ3n) is 4.45. The quantitative estimate of drug-likeness (QED) is 0.253. The van der Waals surface area contributed by atoms with Crippen molar-refractivity contribution in [1.29, 1.82) is 0 Å². The summed E-state index contributed by atoms with van der Waals surface area (Å²) in [5.41, 5.74) is 5.67. The van der Waals surface area contributed by atoms with Crippen LogP contribution in [-0.2, 0) is 15.3 Å². The summed E-state index contributed by atoms with van der Waals surface area (Å²) >= 11 is 0.868. The van der Waals surface area contributed by atoms with Gasteiger partial charge in [0.25, 0.3) is 0 Å². The van der Waals surface area contributed by atoms with E-state index < -0.39 is 38.0 Å². The maximum Gasteiger partial charge on any atom is 0.469 e. The molecule has 0 spiro atoms. The molecule has 0 saturated carbocycles. The Hall–Kier alpha value is -2.80. The van der Waals surface area contributed by atoms with Gasteiger partial charge in [-0.05, 0) is 36.8 Å². The number of nitrogens with two attached hydrogens (primary N) is 1. The van der Waals surface area contributed by atoms with Gasteiger partial charge in [-0.2, -0.15) is 13.2 Å². The number of aryl methyl sites for hydroxylation is 1. The van der Waals surface area contributed by atoms with Crippen molar-refractivity contribution in [3.63, 3.8) is 0 Å². The first-order chi connectivity index (χ1) is 16.3. The summed E-state index contributed by atoms with van der Waals surface area (Å²) in [4.78, 5) is 17.5. The molecule has 0 aliphatic carbocycles. The van der Waals surface area contributed by atoms with E-state index in [9.17, 15) is 17.7 Å². The van der Waals surface area contributed by atoms with Crippen molar-refractivity contribution in [1.82, 2.24) is 10.2 Å². The van der Waals surface area contributed by atoms with Crippen LogP contribution >= 0.6 is 19.2 Å². The van der Waals surface area contributed by atoms with Crippen LogP contribution in [-0.4, -0.2) is 33.2 Å². The van der Waals surface area contributed by atoms with E-state index in [1.54, 1.807) is 12.1 Å². The Balaban J connectivity index is 1.75. The number of aromatic nitrogens is 2. The Labute approximate surface area is 202 Å². The van der Waals surface area contributed by atoms with Crippen LogP contribution in [0.5, 0.6) is 11.5 Å². The van der Waals surface area contributed by atoms with Gasteiger partial charge in [-0.3, -0.25) is 4.52 Å². The largest absolute Gasteiger partial charge is 0.485 e. The highest BCUT2D eigenvalue weighted by Gasteiger charge is 2.35. The number of hydrogen-bond acceptors (Lipinski definition) is 8. The van der Waals surface area contributed by atoms with Crippen LogP contribution in [0.1, 0.15) is 22.2 Å². The highest BCUT2D eigenvalue weighted by atomic mass is 32.1. The molecule has 0 radical (unpaired) electrons. The fourth-order valence-electron chi connectivity index (χ4n) is 2.77. The maximum atomic E-state index is 13.7. The maximum absolute atomic E-state index is 13.7. The summed E-state index contributed by atoms with van der Waals surface area (Å²) in [7, 11) is -4.74. The molecule has 0 saturated heterocycles. The van der Waals surface area contributed by atoms with Crippen LogP contribution < -0.4 is 15.2 Å². The summed E-state index contributed by atoms with van der Waals surface area (Å²) in [6, 6.07) is 9.46. The van der Waals surface area contributed by atoms with Crippen LogP contribution in [0.4, 0.5) is 13.2 Å². The lowest BCUT2D eigenvalue weighted by atomic mass is 10.1. The van der Waals surface area contributed by atoms with E-state index in [0.29, 0.717) is 5.75 Å². The number of alkyl halides is 3. The number of hydrogen-bond donors (Lipinski definition) is 3. The predicted octanol–water partition coefficient (Wildman–Crippen LogP) is 4.61. The van der Waals surface area contributed by atoms with Gasteiger partial charge >= 0.3 is 14.0 Å². The van der Waals surface area contributed by atoms with Gasteiger partial charge in [-0.15, -0.1) is 10.2 Å². The molecule has 0 aliphatic rings. The molecular formula is C21H21F3N3O6PS. The smallest absolute Gasteiger partial charge is 0.469 e. The van der Waals surface area contributed by atoms with E-state index in [0.717, 1.165) is 29.0 Å². The Kier molecular flexibility index (Phi) is 8.31. The molecule has 9 nitrogen and oxygen atoms in total. The molecule has 0 bridgehead atoms. The molecule has 1 heterocycles. The second kappa shape index (κ2) is 10.9. The van der Waals surface area contributed by atoms with E-state index in [1.165, 1.54) is 6.07 Å². The van der Waals surface area contributed by atoms with Gasteiger partial charge in [0.2, 0.25) is 0 Å². The molecule has 0 amide bonds. The summed E-state index contributed by atoms with van der Waals surface area (Å²) in [5, 5.41) is 7.87. The van der Waals surface area contributed by atoms with E-state index in [2.05, 4.69) is 21.3 Å². The van der Waals surface area contributed by atoms with E-state index in [1.807, 2.05) is 19.1 Å². The molecule has 4 N–H and O–H groups in total. The molecule has 1 unspecified atom stereocenters. The monoisotopic (exact) mass is 531 g/mol. The number of phosphoric acid groups is 1. The number of rotatable bonds is 10. The molecule has 1 aromatic heterocycles. The first-order valence-corrected chi connectivity index (χ1v) is 12.2. The number of para-hydroxylation sites is 1. The molecule has 3 rings (SSSR count). The number of benzene rings is 2. The molecule has 3 aromatic rings. The molecular weight excluding hydrogens is 510 g/mol. The minimum Gasteiger partial charge on any atom is -0.485 e. The second-order valence-electron chi connectivity index (χ2n) is 7.24. The van der Waals surface area contributed by atoms with Crippen molar-refractivity contribution >= 4 is 19.2 Å². The highest BCUT2D eigenvalue weighted by molar-refractivity contribution is 7.46. The topological polar surface area (TPSA) is 137 Å². The Morgan fingerprint density at radius 2 is 1.91 bits per heavy atom. The fourth-order valence-corrected chi connectivity index (χ4v) is 3.95. The van der Waals surface area contributed by atoms with Gasteiger partial charge in [0.05, 0.1) is 18.2 Å². The average Bonchev–Trinajstić information content (AvgIpc) is 3.27. The van der Waals surface area contributed by atoms with Crippen molar-refractivity contribution in [3.05, 3.63) is 70.9 Å². The molecule has 0 aliphatic heterocycles. The zero-order valence-electron chi connectivity index (χ0n) is 18.2. The minimum atomic E-state index is -4.74. The van der Waals surface area contributed by atoms with Crippen molar-refractivity contribution in [3.8, 4) is 22.1 Å². The van der Waals surface area contributed by atoms with Crippen molar-refractivity contribution in [2.75, 3.05) is 13.2 Å². The van der Waals surface area contributed by atoms with Gasteiger partial charge < -0.3 is 25.0 Å². The molecule has 1 atom stereocenters. The summed E-state index contributed by atoms with van der Waals surface area (Å²) < 4.78 is 67.3. The lowest BCUT2D eigenvalue weighted by Crippen LogP contribution is -2.16. The molecule has 14 heteroatoms. The molecule has 188 valence electrons. The van der Waals surface area contributed by atoms with Crippen molar-refractivity contribution in [2.45, 2.75) is 19.1 Å². The second-order valence-corrected chi connectivity index (χ2v) is 9.49. The number of ether oxygens (including phenoxy) is 2. The fraction of sp³-hybridized carbons (Fsp3) is 0.238. The van der Waals surface area contributed by atoms with Gasteiger partial charge in [-0.1, -0.05) is 36.1 Å². The standard InChI is InChI=1S/C21H21F3N3O6PS/c1-12-5-3-4-6-17(12)33-13(2)10-31-18-8-7-14(9-15(18)21(22,23)24)19-26-27-20(35-19)16(25)11-32-34(28,29)30/h3-9,16H,2,10-11,25H2,1H3,(H2,28,29,30). The Morgan fingerprint density at radius 3 is 2.57 bits per heavy atom. The SMILES string of the molecule is C=C(COc1ccc(-c2nnc(C(N)COP(=O)(O)O)s2)cc1C(F)(F)F)Oc1ccccc1C. The first kappa shape index (κ1) is 26.8. The van der Waals surface area contributed by atoms with Crippen molar-refractivity contribution < 1.29 is 41.5 Å². The van der Waals surface area contributed by atoms with Crippen LogP contribution in [0.15, 0.2) is 54.8 Å². The summed E-state index contributed by atoms with van der Waals surface area (Å²) in [5.74, 6) is 0.216. The van der Waals surface area contributed by atoms with Crippen LogP contribution in [0.2, 0.25) is 0 Å². The Morgan fingerprint density at radius 1 is 1.20 bits per heavy atom. The van der Waals surface area contributed by atoms with Gasteiger partial charge in [-0.25, -0.2) is 4.57 Å². The van der Waals surface area contributed by atoms with Crippen molar-refractivity contribution in [2.24, 2.45) is 5.73 Å². The zero-order chi connectivity index (χ0) is 25.8. The minimum absolute atomic E-state index is 0.103. The van der Waals surface area contributed by atoms with Crippen LogP contribution in [0, 0.1) is 6.92 Å². The van der Waals surface area contributed by atoms with E-state index >= 15 is 0 Å².